The number of nitrogens with zero attached hydrogens (tertiary/aromatic N) is 3. The molecule has 0 radical (unpaired) electrons. The minimum absolute atomic E-state index is 0.0820. The fraction of sp³-hybridized carbons (Fsp3) is 0.375. The average molecular weight is 481 g/mol. The van der Waals surface area contributed by atoms with Gasteiger partial charge in [0.15, 0.2) is 0 Å². The van der Waals surface area contributed by atoms with Crippen molar-refractivity contribution in [2.45, 2.75) is 38.3 Å². The molecule has 6 rings (SSSR count). The van der Waals surface area contributed by atoms with Crippen LogP contribution in [0.25, 0.3) is 0 Å². The number of halogens is 1. The minimum atomic E-state index is -1.28. The number of carbonyl (C=O) groups excluding carboxylic acids is 3. The second-order valence-electron chi connectivity index (χ2n) is 9.46. The van der Waals surface area contributed by atoms with E-state index in [4.69, 9.17) is 11.6 Å². The molecule has 9 nitrogen and oxygen atoms in total. The molecule has 2 aromatic rings. The molecule has 0 aliphatic carbocycles. The second-order valence-corrected chi connectivity index (χ2v) is 9.87. The summed E-state index contributed by atoms with van der Waals surface area (Å²) >= 11 is 5.95. The highest BCUT2D eigenvalue weighted by Crippen LogP contribution is 2.61. The van der Waals surface area contributed by atoms with Gasteiger partial charge in [0.25, 0.3) is 5.69 Å². The maximum absolute atomic E-state index is 14.0. The number of benzene rings is 2. The molecule has 174 valence electrons. The van der Waals surface area contributed by atoms with E-state index in [1.54, 1.807) is 0 Å². The first-order valence-electron chi connectivity index (χ1n) is 11.2. The van der Waals surface area contributed by atoms with Crippen molar-refractivity contribution in [2.24, 2.45) is 11.8 Å². The van der Waals surface area contributed by atoms with E-state index < -0.39 is 34.1 Å². The van der Waals surface area contributed by atoms with Gasteiger partial charge in [-0.1, -0.05) is 23.7 Å². The smallest absolute Gasteiger partial charge is 0.289 e. The van der Waals surface area contributed by atoms with Crippen LogP contribution in [-0.2, 0) is 19.9 Å². The highest BCUT2D eigenvalue weighted by Gasteiger charge is 2.74. The van der Waals surface area contributed by atoms with Crippen molar-refractivity contribution in [1.82, 2.24) is 4.90 Å². The summed E-state index contributed by atoms with van der Waals surface area (Å²) in [6, 6.07) is 7.46. The van der Waals surface area contributed by atoms with E-state index in [9.17, 15) is 24.5 Å². The van der Waals surface area contributed by atoms with Crippen molar-refractivity contribution in [3.05, 3.63) is 62.2 Å². The monoisotopic (exact) mass is 480 g/mol. The lowest BCUT2D eigenvalue weighted by Crippen LogP contribution is -2.54. The van der Waals surface area contributed by atoms with Crippen molar-refractivity contribution in [3.8, 4) is 0 Å². The van der Waals surface area contributed by atoms with Gasteiger partial charge in [-0.25, -0.2) is 4.90 Å². The molecule has 4 aliphatic rings. The van der Waals surface area contributed by atoms with Gasteiger partial charge in [0.05, 0.1) is 22.4 Å². The molecule has 1 spiro atoms. The number of anilines is 2. The maximum atomic E-state index is 14.0. The zero-order valence-corrected chi connectivity index (χ0v) is 19.3. The van der Waals surface area contributed by atoms with Gasteiger partial charge < -0.3 is 5.32 Å². The van der Waals surface area contributed by atoms with Crippen LogP contribution in [0.2, 0.25) is 5.02 Å². The van der Waals surface area contributed by atoms with Crippen LogP contribution in [0.5, 0.6) is 0 Å². The number of nitro benzene ring substituents is 1. The first-order chi connectivity index (χ1) is 16.2. The normalized spacial score (nSPS) is 29.6. The summed E-state index contributed by atoms with van der Waals surface area (Å²) < 4.78 is 0. The minimum Gasteiger partial charge on any atom is -0.324 e. The van der Waals surface area contributed by atoms with Crippen molar-refractivity contribution >= 4 is 46.4 Å². The Balaban J connectivity index is 1.54. The number of carbonyl (C=O) groups is 3. The molecule has 3 fully saturated rings. The van der Waals surface area contributed by atoms with Gasteiger partial charge in [0, 0.05) is 23.4 Å². The van der Waals surface area contributed by atoms with Crippen LogP contribution in [-0.4, -0.2) is 40.1 Å². The third kappa shape index (κ3) is 2.35. The molecule has 0 aromatic heterocycles. The van der Waals surface area contributed by atoms with E-state index in [2.05, 4.69) is 10.2 Å². The van der Waals surface area contributed by atoms with Crippen LogP contribution in [0.15, 0.2) is 30.3 Å². The quantitative estimate of drug-likeness (QED) is 0.401. The Kier molecular flexibility index (Phi) is 4.29. The fourth-order valence-corrected chi connectivity index (χ4v) is 6.74. The fourth-order valence-electron chi connectivity index (χ4n) is 6.55. The first-order valence-corrected chi connectivity index (χ1v) is 11.6. The summed E-state index contributed by atoms with van der Waals surface area (Å²) in [6.45, 7) is 4.51. The summed E-state index contributed by atoms with van der Waals surface area (Å²) in [5.74, 6) is -2.85. The van der Waals surface area contributed by atoms with Gasteiger partial charge in [0.1, 0.15) is 10.6 Å². The first kappa shape index (κ1) is 21.2. The van der Waals surface area contributed by atoms with Gasteiger partial charge in [-0.05, 0) is 56.5 Å². The van der Waals surface area contributed by atoms with Crippen molar-refractivity contribution in [3.63, 3.8) is 0 Å². The molecular formula is C24H21ClN4O5. The van der Waals surface area contributed by atoms with Gasteiger partial charge in [-0.3, -0.25) is 29.4 Å². The SMILES string of the molecule is Cc1ccc2c(c1C)NC(=O)[C@]21[C@H]2C(=O)N(c3ccc(Cl)c([N+](=O)[O-])c3)C(=O)[C@@H]2[C@H]2CCCN21. The molecule has 4 heterocycles. The van der Waals surface area contributed by atoms with Gasteiger partial charge in [-0.2, -0.15) is 0 Å². The molecule has 4 aliphatic heterocycles. The molecule has 10 heteroatoms. The number of aryl methyl sites for hydroxylation is 1. The molecule has 1 N–H and O–H groups in total. The van der Waals surface area contributed by atoms with Crippen molar-refractivity contribution < 1.29 is 19.3 Å². The predicted octanol–water partition coefficient (Wildman–Crippen LogP) is 3.30. The Morgan fingerprint density at radius 3 is 2.65 bits per heavy atom. The molecule has 3 amide bonds. The average Bonchev–Trinajstić information content (AvgIpc) is 3.50. The van der Waals surface area contributed by atoms with Crippen LogP contribution in [0.1, 0.15) is 29.5 Å². The Hall–Kier alpha value is -3.30. The van der Waals surface area contributed by atoms with E-state index in [1.807, 2.05) is 26.0 Å². The largest absolute Gasteiger partial charge is 0.324 e. The molecule has 4 atom stereocenters. The van der Waals surface area contributed by atoms with Crippen LogP contribution in [0, 0.1) is 35.8 Å². The zero-order valence-electron chi connectivity index (χ0n) is 18.5. The number of imide groups is 1. The highest BCUT2D eigenvalue weighted by atomic mass is 35.5. The highest BCUT2D eigenvalue weighted by molar-refractivity contribution is 6.33. The third-order valence-electron chi connectivity index (χ3n) is 8.08. The Bertz CT molecular complexity index is 1340. The number of fused-ring (bicyclic) bond motifs is 7. The number of rotatable bonds is 2. The lowest BCUT2D eigenvalue weighted by molar-refractivity contribution is -0.384. The van der Waals surface area contributed by atoms with Crippen LogP contribution in [0.4, 0.5) is 17.1 Å². The lowest BCUT2D eigenvalue weighted by Gasteiger charge is -2.36. The zero-order chi connectivity index (χ0) is 24.1. The number of hydrogen-bond donors (Lipinski definition) is 1. The summed E-state index contributed by atoms with van der Waals surface area (Å²) in [7, 11) is 0. The predicted molar refractivity (Wildman–Crippen MR) is 124 cm³/mol. The van der Waals surface area contributed by atoms with E-state index in [1.165, 1.54) is 12.1 Å². The van der Waals surface area contributed by atoms with Crippen LogP contribution < -0.4 is 10.2 Å². The number of hydrogen-bond acceptors (Lipinski definition) is 6. The van der Waals surface area contributed by atoms with Gasteiger partial charge >= 0.3 is 0 Å². The van der Waals surface area contributed by atoms with E-state index in [0.717, 1.165) is 34.1 Å². The van der Waals surface area contributed by atoms with Crippen molar-refractivity contribution in [1.29, 1.82) is 0 Å². The molecular weight excluding hydrogens is 460 g/mol. The summed E-state index contributed by atoms with van der Waals surface area (Å²) in [5.41, 5.74) is 1.82. The van der Waals surface area contributed by atoms with Crippen LogP contribution in [0.3, 0.4) is 0 Å². The topological polar surface area (TPSA) is 113 Å². The molecule has 34 heavy (non-hydrogen) atoms. The van der Waals surface area contributed by atoms with E-state index >= 15 is 0 Å². The molecule has 2 aromatic carbocycles. The van der Waals surface area contributed by atoms with Gasteiger partial charge in [-0.15, -0.1) is 0 Å². The Labute approximate surface area is 199 Å². The summed E-state index contributed by atoms with van der Waals surface area (Å²) in [6.07, 6.45) is 1.51. The maximum Gasteiger partial charge on any atom is 0.289 e. The standard InChI is InChI=1S/C24H21ClN4O5/c1-11-5-7-14-20(12(11)2)26-23(32)24(14)19-18(16-4-3-9-27(16)24)21(30)28(22(19)31)13-6-8-15(25)17(10-13)29(33)34/h5-8,10,16,18-19H,3-4,9H2,1-2H3,(H,26,32)/t16-,18-,19-,24-/m1/s1. The second kappa shape index (κ2) is 6.86. The molecule has 0 unspecified atom stereocenters. The number of amides is 3. The molecule has 0 bridgehead atoms. The number of nitro groups is 1. The summed E-state index contributed by atoms with van der Waals surface area (Å²) in [4.78, 5) is 55.3. The summed E-state index contributed by atoms with van der Waals surface area (Å²) in [5, 5.41) is 14.3. The van der Waals surface area contributed by atoms with Crippen molar-refractivity contribution in [2.75, 3.05) is 16.8 Å². The molecule has 0 saturated carbocycles. The third-order valence-corrected chi connectivity index (χ3v) is 8.40. The van der Waals surface area contributed by atoms with Gasteiger partial charge in [0.2, 0.25) is 17.7 Å². The molecule has 3 saturated heterocycles. The Morgan fingerprint density at radius 1 is 1.15 bits per heavy atom. The van der Waals surface area contributed by atoms with Crippen LogP contribution >= 0.6 is 11.6 Å². The number of nitrogens with one attached hydrogen (secondary N) is 1. The van der Waals surface area contributed by atoms with E-state index in [-0.39, 0.29) is 28.3 Å². The van der Waals surface area contributed by atoms with E-state index in [0.29, 0.717) is 18.7 Å². The lowest BCUT2D eigenvalue weighted by atomic mass is 9.75. The Morgan fingerprint density at radius 2 is 1.91 bits per heavy atom.